The Morgan fingerprint density at radius 1 is 1.16 bits per heavy atom. The lowest BCUT2D eigenvalue weighted by molar-refractivity contribution is 0.185. The lowest BCUT2D eigenvalue weighted by Crippen LogP contribution is -2.40. The Hall–Kier alpha value is -1.55. The Labute approximate surface area is 115 Å². The van der Waals surface area contributed by atoms with Crippen LogP contribution in [0.2, 0.25) is 0 Å². The highest BCUT2D eigenvalue weighted by Gasteiger charge is 2.11. The molecule has 0 atom stereocenters. The van der Waals surface area contributed by atoms with Crippen molar-refractivity contribution in [1.29, 1.82) is 0 Å². The zero-order valence-corrected chi connectivity index (χ0v) is 11.6. The number of nitrogens with zero attached hydrogens (tertiary/aromatic N) is 2. The molecule has 104 valence electrons. The Morgan fingerprint density at radius 3 is 2.42 bits per heavy atom. The second-order valence-electron chi connectivity index (χ2n) is 4.97. The quantitative estimate of drug-likeness (QED) is 0.667. The van der Waals surface area contributed by atoms with Gasteiger partial charge in [-0.1, -0.05) is 24.3 Å². The maximum Gasteiger partial charge on any atom is 0.191 e. The van der Waals surface area contributed by atoms with Crippen LogP contribution in [0.25, 0.3) is 0 Å². The van der Waals surface area contributed by atoms with Crippen LogP contribution >= 0.6 is 0 Å². The molecule has 1 fully saturated rings. The van der Waals surface area contributed by atoms with Crippen LogP contribution in [0.4, 0.5) is 0 Å². The van der Waals surface area contributed by atoms with Gasteiger partial charge in [0.05, 0.1) is 13.2 Å². The van der Waals surface area contributed by atoms with E-state index in [9.17, 15) is 0 Å². The van der Waals surface area contributed by atoms with Gasteiger partial charge in [-0.05, 0) is 30.4 Å². The SMILES string of the molecule is COCc1ccc(CN=C(N)N2CCCCC2)cc1. The van der Waals surface area contributed by atoms with Gasteiger partial charge in [-0.3, -0.25) is 0 Å². The molecular formula is C15H23N3O. The van der Waals surface area contributed by atoms with Crippen LogP contribution in [-0.2, 0) is 17.9 Å². The van der Waals surface area contributed by atoms with Gasteiger partial charge in [-0.15, -0.1) is 0 Å². The molecule has 0 aliphatic carbocycles. The summed E-state index contributed by atoms with van der Waals surface area (Å²) in [5, 5.41) is 0. The number of nitrogens with two attached hydrogens (primary N) is 1. The molecule has 4 nitrogen and oxygen atoms in total. The van der Waals surface area contributed by atoms with Crippen LogP contribution in [0, 0.1) is 0 Å². The van der Waals surface area contributed by atoms with Gasteiger partial charge in [0.2, 0.25) is 0 Å². The van der Waals surface area contributed by atoms with Gasteiger partial charge in [0.15, 0.2) is 5.96 Å². The number of hydrogen-bond donors (Lipinski definition) is 1. The van der Waals surface area contributed by atoms with Crippen molar-refractivity contribution >= 4 is 5.96 Å². The second-order valence-corrected chi connectivity index (χ2v) is 4.97. The summed E-state index contributed by atoms with van der Waals surface area (Å²) in [7, 11) is 1.71. The van der Waals surface area contributed by atoms with Crippen molar-refractivity contribution in [3.63, 3.8) is 0 Å². The number of ether oxygens (including phenoxy) is 1. The highest BCUT2D eigenvalue weighted by atomic mass is 16.5. The molecule has 0 amide bonds. The van der Waals surface area contributed by atoms with E-state index in [4.69, 9.17) is 10.5 Å². The van der Waals surface area contributed by atoms with Crippen LogP contribution in [-0.4, -0.2) is 31.1 Å². The first kappa shape index (κ1) is 13.9. The zero-order valence-electron chi connectivity index (χ0n) is 11.6. The monoisotopic (exact) mass is 261 g/mol. The van der Waals surface area contributed by atoms with Crippen LogP contribution in [0.5, 0.6) is 0 Å². The first-order chi connectivity index (χ1) is 9.29. The van der Waals surface area contributed by atoms with Gasteiger partial charge in [0.25, 0.3) is 0 Å². The van der Waals surface area contributed by atoms with Gasteiger partial charge < -0.3 is 15.4 Å². The molecule has 0 spiro atoms. The number of likely N-dealkylation sites (tertiary alicyclic amines) is 1. The predicted octanol–water partition coefficient (Wildman–Crippen LogP) is 2.13. The fourth-order valence-electron chi connectivity index (χ4n) is 2.30. The summed E-state index contributed by atoms with van der Waals surface area (Å²) in [6, 6.07) is 8.32. The lowest BCUT2D eigenvalue weighted by Gasteiger charge is -2.27. The molecule has 1 aromatic carbocycles. The van der Waals surface area contributed by atoms with E-state index >= 15 is 0 Å². The van der Waals surface area contributed by atoms with Crippen LogP contribution in [0.3, 0.4) is 0 Å². The van der Waals surface area contributed by atoms with Gasteiger partial charge in [-0.25, -0.2) is 4.99 Å². The minimum absolute atomic E-state index is 0.648. The molecule has 1 heterocycles. The van der Waals surface area contributed by atoms with Gasteiger partial charge >= 0.3 is 0 Å². The topological polar surface area (TPSA) is 50.9 Å². The summed E-state index contributed by atoms with van der Waals surface area (Å²) >= 11 is 0. The van der Waals surface area contributed by atoms with Crippen molar-refractivity contribution in [1.82, 2.24) is 4.90 Å². The molecule has 19 heavy (non-hydrogen) atoms. The van der Waals surface area contributed by atoms with Crippen molar-refractivity contribution in [2.45, 2.75) is 32.4 Å². The molecular weight excluding hydrogens is 238 g/mol. The van der Waals surface area contributed by atoms with Gasteiger partial charge in [0.1, 0.15) is 0 Å². The molecule has 1 aliphatic rings. The fraction of sp³-hybridized carbons (Fsp3) is 0.533. The second kappa shape index (κ2) is 7.14. The van der Waals surface area contributed by atoms with E-state index in [1.165, 1.54) is 30.4 Å². The number of rotatable bonds is 4. The largest absolute Gasteiger partial charge is 0.380 e. The number of piperidine rings is 1. The molecule has 0 bridgehead atoms. The molecule has 0 radical (unpaired) electrons. The lowest BCUT2D eigenvalue weighted by atomic mass is 10.1. The summed E-state index contributed by atoms with van der Waals surface area (Å²) in [6.07, 6.45) is 3.76. The maximum atomic E-state index is 6.03. The van der Waals surface area contributed by atoms with E-state index < -0.39 is 0 Å². The normalized spacial score (nSPS) is 16.7. The zero-order chi connectivity index (χ0) is 13.5. The third kappa shape index (κ3) is 4.24. The molecule has 1 saturated heterocycles. The Bertz CT molecular complexity index is 408. The molecule has 0 saturated carbocycles. The van der Waals surface area contributed by atoms with E-state index in [1.54, 1.807) is 7.11 Å². The van der Waals surface area contributed by atoms with E-state index in [0.29, 0.717) is 19.1 Å². The Kier molecular flexibility index (Phi) is 5.21. The summed E-state index contributed by atoms with van der Waals surface area (Å²) in [4.78, 5) is 6.67. The Morgan fingerprint density at radius 2 is 1.79 bits per heavy atom. The number of benzene rings is 1. The van der Waals surface area contributed by atoms with Gasteiger partial charge in [0, 0.05) is 20.2 Å². The standard InChI is InChI=1S/C15H23N3O/c1-19-12-14-7-5-13(6-8-14)11-17-15(16)18-9-3-2-4-10-18/h5-8H,2-4,9-12H2,1H3,(H2,16,17). The van der Waals surface area contributed by atoms with Crippen molar-refractivity contribution in [3.8, 4) is 0 Å². The van der Waals surface area contributed by atoms with E-state index in [2.05, 4.69) is 34.2 Å². The van der Waals surface area contributed by atoms with E-state index in [1.807, 2.05) is 0 Å². The van der Waals surface area contributed by atoms with Crippen LogP contribution in [0.15, 0.2) is 29.3 Å². The summed E-state index contributed by atoms with van der Waals surface area (Å²) in [5.74, 6) is 0.681. The smallest absolute Gasteiger partial charge is 0.191 e. The number of hydrogen-bond acceptors (Lipinski definition) is 2. The number of aliphatic imine (C=N–C) groups is 1. The average molecular weight is 261 g/mol. The van der Waals surface area contributed by atoms with Crippen molar-refractivity contribution in [2.24, 2.45) is 10.7 Å². The first-order valence-electron chi connectivity index (χ1n) is 6.91. The number of guanidine groups is 1. The minimum Gasteiger partial charge on any atom is -0.380 e. The summed E-state index contributed by atoms with van der Waals surface area (Å²) < 4.78 is 5.09. The molecule has 1 aliphatic heterocycles. The maximum absolute atomic E-state index is 6.03. The molecule has 0 unspecified atom stereocenters. The molecule has 1 aromatic rings. The summed E-state index contributed by atoms with van der Waals surface area (Å²) in [5.41, 5.74) is 8.39. The van der Waals surface area contributed by atoms with Gasteiger partial charge in [-0.2, -0.15) is 0 Å². The molecule has 4 heteroatoms. The third-order valence-electron chi connectivity index (χ3n) is 3.44. The van der Waals surface area contributed by atoms with E-state index in [-0.39, 0.29) is 0 Å². The average Bonchev–Trinajstić information content (AvgIpc) is 2.47. The molecule has 2 rings (SSSR count). The van der Waals surface area contributed by atoms with Crippen LogP contribution < -0.4 is 5.73 Å². The molecule has 2 N–H and O–H groups in total. The van der Waals surface area contributed by atoms with Crippen molar-refractivity contribution in [3.05, 3.63) is 35.4 Å². The number of methoxy groups -OCH3 is 1. The fourth-order valence-corrected chi connectivity index (χ4v) is 2.30. The first-order valence-corrected chi connectivity index (χ1v) is 6.91. The summed E-state index contributed by atoms with van der Waals surface area (Å²) in [6.45, 7) is 3.39. The van der Waals surface area contributed by atoms with Crippen molar-refractivity contribution < 1.29 is 4.74 Å². The highest BCUT2D eigenvalue weighted by Crippen LogP contribution is 2.10. The van der Waals surface area contributed by atoms with Crippen molar-refractivity contribution in [2.75, 3.05) is 20.2 Å². The molecule has 0 aromatic heterocycles. The predicted molar refractivity (Wildman–Crippen MR) is 77.9 cm³/mol. The third-order valence-corrected chi connectivity index (χ3v) is 3.44. The minimum atomic E-state index is 0.648. The van der Waals surface area contributed by atoms with Crippen LogP contribution in [0.1, 0.15) is 30.4 Å². The van der Waals surface area contributed by atoms with E-state index in [0.717, 1.165) is 13.1 Å². The highest BCUT2D eigenvalue weighted by molar-refractivity contribution is 5.78. The Balaban J connectivity index is 1.89.